The molecule has 0 amide bonds. The van der Waals surface area contributed by atoms with Crippen LogP contribution in [-0.2, 0) is 6.18 Å². The van der Waals surface area contributed by atoms with Crippen LogP contribution in [0.5, 0.6) is 0 Å². The fourth-order valence-corrected chi connectivity index (χ4v) is 1.87. The van der Waals surface area contributed by atoms with Gasteiger partial charge in [-0.3, -0.25) is 0 Å². The van der Waals surface area contributed by atoms with Crippen molar-refractivity contribution >= 4 is 0 Å². The van der Waals surface area contributed by atoms with E-state index in [0.29, 0.717) is 17.0 Å². The minimum absolute atomic E-state index is 0.289. The molecule has 3 nitrogen and oxygen atoms in total. The molecule has 2 aromatic rings. The van der Waals surface area contributed by atoms with Crippen molar-refractivity contribution in [2.75, 3.05) is 0 Å². The molecule has 0 aliphatic heterocycles. The highest BCUT2D eigenvalue weighted by molar-refractivity contribution is 5.44. The van der Waals surface area contributed by atoms with Gasteiger partial charge in [-0.1, -0.05) is 6.07 Å². The zero-order valence-corrected chi connectivity index (χ0v) is 10.3. The van der Waals surface area contributed by atoms with Crippen LogP contribution >= 0.6 is 0 Å². The van der Waals surface area contributed by atoms with Crippen molar-refractivity contribution in [3.8, 4) is 11.8 Å². The van der Waals surface area contributed by atoms with Crippen molar-refractivity contribution in [1.29, 1.82) is 5.26 Å². The summed E-state index contributed by atoms with van der Waals surface area (Å²) in [7, 11) is 0. The van der Waals surface area contributed by atoms with E-state index >= 15 is 0 Å². The molecule has 2 rings (SSSR count). The number of hydrogen-bond acceptors (Lipinski definition) is 2. The molecule has 0 spiro atoms. The lowest BCUT2D eigenvalue weighted by atomic mass is 10.2. The number of benzene rings is 1. The molecular formula is C13H10F3N3. The zero-order valence-electron chi connectivity index (χ0n) is 10.3. The summed E-state index contributed by atoms with van der Waals surface area (Å²) in [5.74, 6) is 0. The lowest BCUT2D eigenvalue weighted by Crippen LogP contribution is -2.07. The Kier molecular flexibility index (Phi) is 3.06. The molecule has 1 aromatic carbocycles. The highest BCUT2D eigenvalue weighted by atomic mass is 19.4. The second kappa shape index (κ2) is 4.43. The molecule has 0 fully saturated rings. The number of aryl methyl sites for hydroxylation is 1. The summed E-state index contributed by atoms with van der Waals surface area (Å²) in [4.78, 5) is 0. The average molecular weight is 265 g/mol. The monoisotopic (exact) mass is 265 g/mol. The first kappa shape index (κ1) is 13.1. The third-order valence-corrected chi connectivity index (χ3v) is 2.82. The fraction of sp³-hybridized carbons (Fsp3) is 0.231. The maximum absolute atomic E-state index is 12.7. The zero-order chi connectivity index (χ0) is 14.2. The Balaban J connectivity index is 2.58. The van der Waals surface area contributed by atoms with Crippen LogP contribution in [0.2, 0.25) is 0 Å². The molecule has 98 valence electrons. The maximum Gasteiger partial charge on any atom is 0.416 e. The van der Waals surface area contributed by atoms with Crippen molar-refractivity contribution in [3.05, 3.63) is 46.8 Å². The van der Waals surface area contributed by atoms with E-state index in [0.717, 1.165) is 12.1 Å². The lowest BCUT2D eigenvalue weighted by Gasteiger charge is -2.09. The number of nitrogens with zero attached hydrogens (tertiary/aromatic N) is 3. The van der Waals surface area contributed by atoms with Crippen molar-refractivity contribution in [1.82, 2.24) is 9.78 Å². The molecule has 1 aromatic heterocycles. The van der Waals surface area contributed by atoms with E-state index in [1.807, 2.05) is 6.07 Å². The molecule has 0 saturated carbocycles. The number of hydrogen-bond donors (Lipinski definition) is 0. The standard InChI is InChI=1S/C13H10F3N3/c1-8-12(7-17)9(2)19(18-8)11-5-3-4-10(6-11)13(14,15)16/h3-6H,1-2H3. The number of halogens is 3. The van der Waals surface area contributed by atoms with Crippen molar-refractivity contribution in [2.45, 2.75) is 20.0 Å². The smallest absolute Gasteiger partial charge is 0.236 e. The summed E-state index contributed by atoms with van der Waals surface area (Å²) in [6, 6.07) is 6.85. The van der Waals surface area contributed by atoms with Gasteiger partial charge in [0.15, 0.2) is 0 Å². The van der Waals surface area contributed by atoms with Crippen LogP contribution in [0.1, 0.15) is 22.5 Å². The summed E-state index contributed by atoms with van der Waals surface area (Å²) in [5, 5.41) is 13.1. The second-order valence-corrected chi connectivity index (χ2v) is 4.12. The predicted molar refractivity (Wildman–Crippen MR) is 62.8 cm³/mol. The van der Waals surface area contributed by atoms with E-state index < -0.39 is 11.7 Å². The number of alkyl halides is 3. The van der Waals surface area contributed by atoms with E-state index in [1.54, 1.807) is 13.8 Å². The van der Waals surface area contributed by atoms with E-state index in [-0.39, 0.29) is 5.69 Å². The molecule has 19 heavy (non-hydrogen) atoms. The van der Waals surface area contributed by atoms with Crippen LogP contribution in [0.25, 0.3) is 5.69 Å². The highest BCUT2D eigenvalue weighted by Gasteiger charge is 2.30. The van der Waals surface area contributed by atoms with Crippen LogP contribution in [0.4, 0.5) is 13.2 Å². The summed E-state index contributed by atoms with van der Waals surface area (Å²) < 4.78 is 39.3. The lowest BCUT2D eigenvalue weighted by molar-refractivity contribution is -0.137. The SMILES string of the molecule is Cc1nn(-c2cccc(C(F)(F)F)c2)c(C)c1C#N. The maximum atomic E-state index is 12.7. The minimum atomic E-state index is -4.40. The largest absolute Gasteiger partial charge is 0.416 e. The molecule has 0 radical (unpaired) electrons. The Morgan fingerprint density at radius 3 is 2.47 bits per heavy atom. The molecule has 1 heterocycles. The number of nitriles is 1. The summed E-state index contributed by atoms with van der Waals surface area (Å²) in [6.07, 6.45) is -4.40. The number of rotatable bonds is 1. The Morgan fingerprint density at radius 1 is 1.26 bits per heavy atom. The first-order valence-electron chi connectivity index (χ1n) is 5.48. The highest BCUT2D eigenvalue weighted by Crippen LogP contribution is 2.30. The summed E-state index contributed by atoms with van der Waals surface area (Å²) in [6.45, 7) is 3.30. The minimum Gasteiger partial charge on any atom is -0.236 e. The topological polar surface area (TPSA) is 41.6 Å². The normalized spacial score (nSPS) is 11.4. The molecule has 0 aliphatic carbocycles. The molecule has 0 aliphatic rings. The Bertz CT molecular complexity index is 663. The second-order valence-electron chi connectivity index (χ2n) is 4.12. The Hall–Kier alpha value is -2.29. The average Bonchev–Trinajstić information content (AvgIpc) is 2.63. The van der Waals surface area contributed by atoms with Crippen LogP contribution in [0, 0.1) is 25.2 Å². The van der Waals surface area contributed by atoms with E-state index in [2.05, 4.69) is 5.10 Å². The third kappa shape index (κ3) is 2.32. The van der Waals surface area contributed by atoms with Gasteiger partial charge >= 0.3 is 6.18 Å². The first-order chi connectivity index (χ1) is 8.84. The van der Waals surface area contributed by atoms with Crippen LogP contribution in [0.3, 0.4) is 0 Å². The van der Waals surface area contributed by atoms with E-state index in [4.69, 9.17) is 5.26 Å². The summed E-state index contributed by atoms with van der Waals surface area (Å²) in [5.41, 5.74) is 0.960. The van der Waals surface area contributed by atoms with Gasteiger partial charge in [0.2, 0.25) is 0 Å². The Labute approximate surface area is 107 Å². The van der Waals surface area contributed by atoms with Gasteiger partial charge in [0.1, 0.15) is 6.07 Å². The van der Waals surface area contributed by atoms with Gasteiger partial charge in [-0.15, -0.1) is 0 Å². The van der Waals surface area contributed by atoms with Crippen molar-refractivity contribution in [3.63, 3.8) is 0 Å². The molecule has 0 N–H and O–H groups in total. The van der Waals surface area contributed by atoms with Gasteiger partial charge in [0.05, 0.1) is 28.2 Å². The fourth-order valence-electron chi connectivity index (χ4n) is 1.87. The van der Waals surface area contributed by atoms with Gasteiger partial charge in [0.25, 0.3) is 0 Å². The van der Waals surface area contributed by atoms with Crippen LogP contribution < -0.4 is 0 Å². The molecule has 0 atom stereocenters. The van der Waals surface area contributed by atoms with Gasteiger partial charge in [0, 0.05) is 0 Å². The molecule has 0 unspecified atom stereocenters. The van der Waals surface area contributed by atoms with Crippen LogP contribution in [-0.4, -0.2) is 9.78 Å². The molecular weight excluding hydrogens is 255 g/mol. The predicted octanol–water partition coefficient (Wildman–Crippen LogP) is 3.38. The molecule has 0 saturated heterocycles. The Morgan fingerprint density at radius 2 is 1.95 bits per heavy atom. The quantitative estimate of drug-likeness (QED) is 0.793. The summed E-state index contributed by atoms with van der Waals surface area (Å²) >= 11 is 0. The van der Waals surface area contributed by atoms with E-state index in [1.165, 1.54) is 16.8 Å². The first-order valence-corrected chi connectivity index (χ1v) is 5.48. The van der Waals surface area contributed by atoms with Crippen molar-refractivity contribution in [2.24, 2.45) is 0 Å². The van der Waals surface area contributed by atoms with E-state index in [9.17, 15) is 13.2 Å². The third-order valence-electron chi connectivity index (χ3n) is 2.82. The van der Waals surface area contributed by atoms with Gasteiger partial charge in [-0.2, -0.15) is 23.5 Å². The van der Waals surface area contributed by atoms with Gasteiger partial charge < -0.3 is 0 Å². The molecule has 6 heteroatoms. The van der Waals surface area contributed by atoms with Crippen LogP contribution in [0.15, 0.2) is 24.3 Å². The number of aromatic nitrogens is 2. The molecule has 0 bridgehead atoms. The van der Waals surface area contributed by atoms with Gasteiger partial charge in [-0.25, -0.2) is 4.68 Å². The van der Waals surface area contributed by atoms with Gasteiger partial charge in [-0.05, 0) is 32.0 Å². The van der Waals surface area contributed by atoms with Crippen molar-refractivity contribution < 1.29 is 13.2 Å².